The van der Waals surface area contributed by atoms with Crippen molar-refractivity contribution in [3.8, 4) is 28.5 Å². The van der Waals surface area contributed by atoms with E-state index in [1.54, 1.807) is 45.4 Å². The van der Waals surface area contributed by atoms with Gasteiger partial charge in [0.2, 0.25) is 0 Å². The number of ether oxygens (including phenoxy) is 1. The summed E-state index contributed by atoms with van der Waals surface area (Å²) in [5.41, 5.74) is 4.47. The fourth-order valence-electron chi connectivity index (χ4n) is 4.48. The van der Waals surface area contributed by atoms with E-state index in [0.717, 1.165) is 22.3 Å². The minimum Gasteiger partial charge on any atom is -0.368 e. The third-order valence-electron chi connectivity index (χ3n) is 7.32. The molecule has 9 nitrogen and oxygen atoms in total. The number of hydrogen-bond acceptors (Lipinski definition) is 7. The number of nitrogens with one attached hydrogen (secondary N) is 2. The van der Waals surface area contributed by atoms with E-state index in [1.807, 2.05) is 49.4 Å². The Morgan fingerprint density at radius 1 is 0.976 bits per heavy atom. The molecule has 5 rings (SSSR count). The molecule has 2 heterocycles. The van der Waals surface area contributed by atoms with Crippen molar-refractivity contribution in [1.29, 1.82) is 5.26 Å². The average molecular weight is 547 g/mol. The number of amides is 2. The number of methoxy groups -OCH3 is 1. The van der Waals surface area contributed by atoms with Gasteiger partial charge in [-0.15, -0.1) is 0 Å². The maximum atomic E-state index is 13.1. The number of benzene rings is 2. The molecule has 2 aromatic carbocycles. The van der Waals surface area contributed by atoms with Gasteiger partial charge in [0.05, 0.1) is 22.9 Å². The van der Waals surface area contributed by atoms with Gasteiger partial charge in [0, 0.05) is 36.2 Å². The molecule has 9 heteroatoms. The number of rotatable bonds is 8. The molecule has 0 atom stereocenters. The lowest BCUT2D eigenvalue weighted by atomic mass is 9.90. The highest BCUT2D eigenvalue weighted by molar-refractivity contribution is 6.04. The van der Waals surface area contributed by atoms with Crippen molar-refractivity contribution in [2.24, 2.45) is 0 Å². The molecule has 0 saturated heterocycles. The predicted octanol–water partition coefficient (Wildman–Crippen LogP) is 5.69. The third kappa shape index (κ3) is 5.83. The second-order valence-corrected chi connectivity index (χ2v) is 10.7. The van der Waals surface area contributed by atoms with E-state index in [-0.39, 0.29) is 11.8 Å². The van der Waals surface area contributed by atoms with Gasteiger partial charge < -0.3 is 15.4 Å². The number of anilines is 2. The Balaban J connectivity index is 1.38. The molecule has 0 spiro atoms. The number of nitriles is 1. The Kier molecular flexibility index (Phi) is 7.35. The zero-order chi connectivity index (χ0) is 29.2. The van der Waals surface area contributed by atoms with E-state index in [9.17, 15) is 14.9 Å². The number of aryl methyl sites for hydroxylation is 1. The first kappa shape index (κ1) is 27.6. The Morgan fingerprint density at radius 3 is 2.49 bits per heavy atom. The molecule has 1 fully saturated rings. The first-order chi connectivity index (χ1) is 19.6. The normalized spacial score (nSPS) is 13.6. The Bertz CT molecular complexity index is 1690. The minimum atomic E-state index is -0.808. The van der Waals surface area contributed by atoms with Gasteiger partial charge in [0.1, 0.15) is 17.7 Å². The molecule has 0 aliphatic heterocycles. The van der Waals surface area contributed by atoms with Crippen LogP contribution in [-0.2, 0) is 14.9 Å². The van der Waals surface area contributed by atoms with E-state index >= 15 is 0 Å². The van der Waals surface area contributed by atoms with Gasteiger partial charge in [0.15, 0.2) is 0 Å². The topological polar surface area (TPSA) is 130 Å². The van der Waals surface area contributed by atoms with Crippen molar-refractivity contribution in [2.75, 3.05) is 17.7 Å². The van der Waals surface area contributed by atoms with Gasteiger partial charge >= 0.3 is 0 Å². The number of aromatic nitrogens is 3. The first-order valence-corrected chi connectivity index (χ1v) is 13.2. The van der Waals surface area contributed by atoms with Crippen LogP contribution in [0.1, 0.15) is 48.3 Å². The van der Waals surface area contributed by atoms with Gasteiger partial charge in [-0.05, 0) is 80.6 Å². The molecular weight excluding hydrogens is 516 g/mol. The summed E-state index contributed by atoms with van der Waals surface area (Å²) in [6.07, 6.45) is 4.35. The summed E-state index contributed by atoms with van der Waals surface area (Å²) in [7, 11) is 1.54. The summed E-state index contributed by atoms with van der Waals surface area (Å²) in [6, 6.07) is 20.9. The average Bonchev–Trinajstić information content (AvgIpc) is 3.80. The van der Waals surface area contributed by atoms with Crippen LogP contribution >= 0.6 is 0 Å². The fraction of sp³-hybridized carbons (Fsp3) is 0.250. The zero-order valence-electron chi connectivity index (χ0n) is 23.4. The number of carbonyl (C=O) groups excluding carboxylic acids is 2. The Hall–Kier alpha value is -4.94. The summed E-state index contributed by atoms with van der Waals surface area (Å²) >= 11 is 0. The van der Waals surface area contributed by atoms with Crippen LogP contribution in [0, 0.1) is 18.3 Å². The van der Waals surface area contributed by atoms with Crippen molar-refractivity contribution < 1.29 is 14.3 Å². The number of nitrogens with zero attached hydrogens (tertiary/aromatic N) is 4. The molecule has 4 aromatic rings. The van der Waals surface area contributed by atoms with Crippen molar-refractivity contribution in [1.82, 2.24) is 15.0 Å². The summed E-state index contributed by atoms with van der Waals surface area (Å²) in [5, 5.41) is 15.2. The summed E-state index contributed by atoms with van der Waals surface area (Å²) in [4.78, 5) is 38.5. The lowest BCUT2D eigenvalue weighted by Crippen LogP contribution is -2.31. The van der Waals surface area contributed by atoms with Gasteiger partial charge in [-0.1, -0.05) is 24.3 Å². The number of hydrogen-bond donors (Lipinski definition) is 2. The molecule has 2 amide bonds. The van der Waals surface area contributed by atoms with Gasteiger partial charge in [0.25, 0.3) is 11.8 Å². The second-order valence-electron chi connectivity index (χ2n) is 10.7. The molecule has 41 heavy (non-hydrogen) atoms. The first-order valence-electron chi connectivity index (χ1n) is 13.2. The molecule has 2 aromatic heterocycles. The number of carbonyl (C=O) groups is 2. The molecule has 1 saturated carbocycles. The van der Waals surface area contributed by atoms with Gasteiger partial charge in [-0.2, -0.15) is 5.26 Å². The monoisotopic (exact) mass is 546 g/mol. The van der Waals surface area contributed by atoms with Crippen molar-refractivity contribution >= 4 is 23.3 Å². The van der Waals surface area contributed by atoms with E-state index in [1.165, 1.54) is 6.33 Å². The molecule has 206 valence electrons. The quantitative estimate of drug-likeness (QED) is 0.291. The van der Waals surface area contributed by atoms with Crippen molar-refractivity contribution in [3.05, 3.63) is 90.0 Å². The number of pyridine rings is 1. The highest BCUT2D eigenvalue weighted by atomic mass is 16.5. The van der Waals surface area contributed by atoms with Crippen LogP contribution in [-0.4, -0.2) is 39.5 Å². The van der Waals surface area contributed by atoms with E-state index < -0.39 is 11.0 Å². The molecule has 2 N–H and O–H groups in total. The zero-order valence-corrected chi connectivity index (χ0v) is 23.4. The summed E-state index contributed by atoms with van der Waals surface area (Å²) < 4.78 is 5.36. The van der Waals surface area contributed by atoms with Crippen LogP contribution in [0.3, 0.4) is 0 Å². The highest BCUT2D eigenvalue weighted by Crippen LogP contribution is 2.40. The van der Waals surface area contributed by atoms with Crippen molar-refractivity contribution in [3.63, 3.8) is 0 Å². The maximum Gasteiger partial charge on any atom is 0.257 e. The lowest BCUT2D eigenvalue weighted by Gasteiger charge is -2.15. The molecule has 1 aliphatic rings. The van der Waals surface area contributed by atoms with Crippen LogP contribution in [0.4, 0.5) is 11.5 Å². The van der Waals surface area contributed by atoms with Crippen LogP contribution in [0.25, 0.3) is 22.4 Å². The standard InChI is InChI=1S/C32H30N6O3/c1-20-8-9-24(37-29(39)23-10-13-34-27(15-23)31(2,3)18-33)16-25(20)21-6-5-7-22(14-21)26-17-28(36-19-35-26)38-30(40)32(41-4)11-12-32/h5-10,13-17,19H,11-12H2,1-4H3,(H,37,39)(H,35,36,38,40). The minimum absolute atomic E-state index is 0.204. The van der Waals surface area contributed by atoms with Gasteiger partial charge in [-0.25, -0.2) is 9.97 Å². The van der Waals surface area contributed by atoms with E-state index in [2.05, 4.69) is 31.7 Å². The third-order valence-corrected chi connectivity index (χ3v) is 7.32. The molecule has 1 aliphatic carbocycles. The summed E-state index contributed by atoms with van der Waals surface area (Å²) in [6.45, 7) is 5.54. The summed E-state index contributed by atoms with van der Waals surface area (Å²) in [5.74, 6) is -0.0837. The lowest BCUT2D eigenvalue weighted by molar-refractivity contribution is -0.128. The van der Waals surface area contributed by atoms with Crippen molar-refractivity contribution in [2.45, 2.75) is 44.6 Å². The largest absolute Gasteiger partial charge is 0.368 e. The predicted molar refractivity (Wildman–Crippen MR) is 156 cm³/mol. The van der Waals surface area contributed by atoms with Crippen LogP contribution in [0.15, 0.2) is 73.2 Å². The molecule has 0 bridgehead atoms. The maximum absolute atomic E-state index is 13.1. The Labute approximate surface area is 238 Å². The molecular formula is C32H30N6O3. The molecule has 0 radical (unpaired) electrons. The van der Waals surface area contributed by atoms with Crippen LogP contribution in [0.2, 0.25) is 0 Å². The SMILES string of the molecule is COC1(C(=O)Nc2cc(-c3cccc(-c4cc(NC(=O)c5ccnc(C(C)(C)C#N)c5)ccc4C)c3)ncn2)CC1. The molecule has 0 unspecified atom stereocenters. The smallest absolute Gasteiger partial charge is 0.257 e. The Morgan fingerprint density at radius 2 is 1.76 bits per heavy atom. The fourth-order valence-corrected chi connectivity index (χ4v) is 4.48. The van der Waals surface area contributed by atoms with Crippen LogP contribution < -0.4 is 10.6 Å². The second kappa shape index (κ2) is 10.9. The highest BCUT2D eigenvalue weighted by Gasteiger charge is 2.50. The van der Waals surface area contributed by atoms with E-state index in [4.69, 9.17) is 4.74 Å². The van der Waals surface area contributed by atoms with E-state index in [0.29, 0.717) is 41.3 Å². The van der Waals surface area contributed by atoms with Crippen LogP contribution in [0.5, 0.6) is 0 Å². The van der Waals surface area contributed by atoms with Gasteiger partial charge in [-0.3, -0.25) is 14.6 Å².